The van der Waals surface area contributed by atoms with Gasteiger partial charge in [-0.1, -0.05) is 0 Å². The lowest BCUT2D eigenvalue weighted by Crippen LogP contribution is -2.48. The Morgan fingerprint density at radius 3 is 2.57 bits per heavy atom. The van der Waals surface area contributed by atoms with Crippen LogP contribution in [0.4, 0.5) is 23.1 Å². The molecule has 1 aliphatic heterocycles. The van der Waals surface area contributed by atoms with Gasteiger partial charge in [-0.25, -0.2) is 0 Å². The van der Waals surface area contributed by atoms with Crippen LogP contribution in [0.15, 0.2) is 36.5 Å². The molecule has 0 unspecified atom stereocenters. The maximum Gasteiger partial charge on any atom is 0.231 e. The predicted octanol–water partition coefficient (Wildman–Crippen LogP) is 1.80. The summed E-state index contributed by atoms with van der Waals surface area (Å²) < 4.78 is 0. The van der Waals surface area contributed by atoms with Crippen molar-refractivity contribution in [2.75, 3.05) is 61.5 Å². The molecule has 0 radical (unpaired) electrons. The van der Waals surface area contributed by atoms with E-state index in [1.165, 1.54) is 0 Å². The molecule has 1 saturated heterocycles. The first-order chi connectivity index (χ1) is 14.5. The lowest BCUT2D eigenvalue weighted by molar-refractivity contribution is -0.129. The number of aliphatic hydroxyl groups is 1. The third-order valence-corrected chi connectivity index (χ3v) is 5.41. The van der Waals surface area contributed by atoms with E-state index in [9.17, 15) is 9.90 Å². The molecule has 1 amide bonds. The van der Waals surface area contributed by atoms with Gasteiger partial charge in [0.25, 0.3) is 0 Å². The minimum absolute atomic E-state index is 0.0529. The van der Waals surface area contributed by atoms with E-state index in [-0.39, 0.29) is 12.5 Å². The molecule has 0 atom stereocenters. The summed E-state index contributed by atoms with van der Waals surface area (Å²) >= 11 is 0. The van der Waals surface area contributed by atoms with Crippen LogP contribution in [-0.2, 0) is 4.79 Å². The van der Waals surface area contributed by atoms with Crippen LogP contribution in [-0.4, -0.2) is 77.2 Å². The van der Waals surface area contributed by atoms with Crippen molar-refractivity contribution in [1.82, 2.24) is 19.9 Å². The van der Waals surface area contributed by atoms with Crippen molar-refractivity contribution in [2.45, 2.75) is 6.92 Å². The van der Waals surface area contributed by atoms with Gasteiger partial charge in [0.05, 0.1) is 12.0 Å². The second-order valence-corrected chi connectivity index (χ2v) is 7.42. The summed E-state index contributed by atoms with van der Waals surface area (Å²) in [5.41, 5.74) is 2.77. The molecule has 158 valence electrons. The lowest BCUT2D eigenvalue weighted by Gasteiger charge is -2.35. The number of aromatic nitrogens is 3. The number of piperazine rings is 1. The lowest BCUT2D eigenvalue weighted by atomic mass is 10.2. The van der Waals surface area contributed by atoms with Gasteiger partial charge in [-0.05, 0) is 30.3 Å². The molecule has 1 fully saturated rings. The van der Waals surface area contributed by atoms with Crippen LogP contribution in [0.5, 0.6) is 0 Å². The second-order valence-electron chi connectivity index (χ2n) is 7.42. The van der Waals surface area contributed by atoms with Crippen molar-refractivity contribution < 1.29 is 9.90 Å². The largest absolute Gasteiger partial charge is 0.395 e. The van der Waals surface area contributed by atoms with Crippen LogP contribution in [0.2, 0.25) is 0 Å². The third-order valence-electron chi connectivity index (χ3n) is 5.41. The van der Waals surface area contributed by atoms with Gasteiger partial charge in [0.2, 0.25) is 11.9 Å². The minimum atomic E-state index is 0.0529. The monoisotopic (exact) mass is 409 g/mol. The number of anilines is 4. The number of likely N-dealkylation sites (N-methyl/N-ethyl adjacent to an activating group) is 1. The maximum atomic E-state index is 11.5. The van der Waals surface area contributed by atoms with Crippen molar-refractivity contribution in [3.05, 3.63) is 36.5 Å². The highest BCUT2D eigenvalue weighted by Crippen LogP contribution is 2.26. The third kappa shape index (κ3) is 4.16. The number of carbonyl (C=O) groups is 1. The summed E-state index contributed by atoms with van der Waals surface area (Å²) in [5.74, 6) is 1.39. The number of nitrogens with zero attached hydrogens (tertiary/aromatic N) is 5. The topological polar surface area (TPSA) is 101 Å². The van der Waals surface area contributed by atoms with Crippen molar-refractivity contribution in [1.29, 1.82) is 0 Å². The fraction of sp³-hybridized carbons (Fsp3) is 0.381. The average molecular weight is 409 g/mol. The molecule has 9 nitrogen and oxygen atoms in total. The van der Waals surface area contributed by atoms with Crippen molar-refractivity contribution >= 4 is 40.1 Å². The Morgan fingerprint density at radius 2 is 1.90 bits per heavy atom. The SMILES string of the molecule is CC(=O)N1CCN(c2ccc(Nc3nc(N(C)CCO)c4cc[nH]c4n3)cc2)CC1. The van der Waals surface area contributed by atoms with Crippen LogP contribution in [0.25, 0.3) is 11.0 Å². The number of fused-ring (bicyclic) bond motifs is 1. The average Bonchev–Trinajstić information content (AvgIpc) is 3.22. The molecule has 1 aromatic carbocycles. The Kier molecular flexibility index (Phi) is 5.71. The Labute approximate surface area is 175 Å². The zero-order chi connectivity index (χ0) is 21.1. The first kappa shape index (κ1) is 20.0. The number of aromatic amines is 1. The van der Waals surface area contributed by atoms with Gasteiger partial charge in [0.1, 0.15) is 11.5 Å². The summed E-state index contributed by atoms with van der Waals surface area (Å²) in [6.07, 6.45) is 1.83. The van der Waals surface area contributed by atoms with Gasteiger partial charge < -0.3 is 30.1 Å². The van der Waals surface area contributed by atoms with E-state index in [2.05, 4.69) is 37.3 Å². The number of nitrogens with one attached hydrogen (secondary N) is 2. The molecule has 30 heavy (non-hydrogen) atoms. The number of aliphatic hydroxyl groups excluding tert-OH is 1. The standard InChI is InChI=1S/C21H27N7O2/c1-15(30)27-9-11-28(12-10-27)17-5-3-16(4-6-17)23-21-24-19-18(7-8-22-19)20(25-21)26(2)13-14-29/h3-8,29H,9-14H2,1-2H3,(H2,22,23,24,25). The minimum Gasteiger partial charge on any atom is -0.395 e. The van der Waals surface area contributed by atoms with Gasteiger partial charge in [-0.3, -0.25) is 4.79 Å². The highest BCUT2D eigenvalue weighted by Gasteiger charge is 2.19. The van der Waals surface area contributed by atoms with Crippen molar-refractivity contribution in [2.24, 2.45) is 0 Å². The molecule has 3 aromatic rings. The van der Waals surface area contributed by atoms with Gasteiger partial charge in [-0.2, -0.15) is 9.97 Å². The number of amides is 1. The fourth-order valence-electron chi connectivity index (χ4n) is 3.69. The second kappa shape index (κ2) is 8.58. The predicted molar refractivity (Wildman–Crippen MR) is 118 cm³/mol. The molecule has 9 heteroatoms. The van der Waals surface area contributed by atoms with Gasteiger partial charge >= 0.3 is 0 Å². The summed E-state index contributed by atoms with van der Waals surface area (Å²) in [4.78, 5) is 29.9. The molecule has 0 bridgehead atoms. The Balaban J connectivity index is 1.48. The Bertz CT molecular complexity index is 1010. The van der Waals surface area contributed by atoms with Gasteiger partial charge in [0, 0.05) is 64.3 Å². The Morgan fingerprint density at radius 1 is 1.17 bits per heavy atom. The smallest absolute Gasteiger partial charge is 0.231 e. The number of hydrogen-bond donors (Lipinski definition) is 3. The van der Waals surface area contributed by atoms with E-state index < -0.39 is 0 Å². The van der Waals surface area contributed by atoms with E-state index in [4.69, 9.17) is 0 Å². The van der Waals surface area contributed by atoms with E-state index in [1.54, 1.807) is 6.92 Å². The number of carbonyl (C=O) groups excluding carboxylic acids is 1. The van der Waals surface area contributed by atoms with Crippen LogP contribution < -0.4 is 15.1 Å². The zero-order valence-corrected chi connectivity index (χ0v) is 17.3. The highest BCUT2D eigenvalue weighted by molar-refractivity contribution is 5.88. The molecular weight excluding hydrogens is 382 g/mol. The summed E-state index contributed by atoms with van der Waals surface area (Å²) in [7, 11) is 1.90. The number of H-pyrrole nitrogens is 1. The van der Waals surface area contributed by atoms with Crippen LogP contribution >= 0.6 is 0 Å². The Hall–Kier alpha value is -3.33. The molecular formula is C21H27N7O2. The maximum absolute atomic E-state index is 11.5. The van der Waals surface area contributed by atoms with Crippen LogP contribution in [0.1, 0.15) is 6.92 Å². The first-order valence-corrected chi connectivity index (χ1v) is 10.1. The van der Waals surface area contributed by atoms with E-state index in [0.717, 1.165) is 54.4 Å². The fourth-order valence-corrected chi connectivity index (χ4v) is 3.69. The molecule has 0 aliphatic carbocycles. The molecule has 3 heterocycles. The van der Waals surface area contributed by atoms with E-state index in [1.807, 2.05) is 41.2 Å². The number of rotatable bonds is 6. The highest BCUT2D eigenvalue weighted by atomic mass is 16.3. The summed E-state index contributed by atoms with van der Waals surface area (Å²) in [6.45, 7) is 5.33. The quantitative estimate of drug-likeness (QED) is 0.571. The summed E-state index contributed by atoms with van der Waals surface area (Å²) in [5, 5.41) is 13.5. The zero-order valence-electron chi connectivity index (χ0n) is 17.3. The molecule has 4 rings (SSSR count). The molecule has 0 spiro atoms. The van der Waals surface area contributed by atoms with Gasteiger partial charge in [0.15, 0.2) is 0 Å². The van der Waals surface area contributed by atoms with Crippen molar-refractivity contribution in [3.8, 4) is 0 Å². The molecule has 0 saturated carbocycles. The van der Waals surface area contributed by atoms with Gasteiger partial charge in [-0.15, -0.1) is 0 Å². The van der Waals surface area contributed by atoms with Crippen molar-refractivity contribution in [3.63, 3.8) is 0 Å². The van der Waals surface area contributed by atoms with E-state index >= 15 is 0 Å². The molecule has 3 N–H and O–H groups in total. The number of hydrogen-bond acceptors (Lipinski definition) is 7. The summed E-state index contributed by atoms with van der Waals surface area (Å²) in [6, 6.07) is 10.1. The molecule has 2 aromatic heterocycles. The first-order valence-electron chi connectivity index (χ1n) is 10.1. The van der Waals surface area contributed by atoms with Crippen LogP contribution in [0, 0.1) is 0 Å². The normalized spacial score (nSPS) is 14.2. The number of benzene rings is 1. The van der Waals surface area contributed by atoms with E-state index in [0.29, 0.717) is 12.5 Å². The molecule has 1 aliphatic rings. The van der Waals surface area contributed by atoms with Crippen LogP contribution in [0.3, 0.4) is 0 Å².